The Kier molecular flexibility index (Phi) is 4.24. The van der Waals surface area contributed by atoms with Crippen LogP contribution in [0.1, 0.15) is 28.4 Å². The van der Waals surface area contributed by atoms with Gasteiger partial charge in [0, 0.05) is 13.1 Å². The highest BCUT2D eigenvalue weighted by atomic mass is 16.5. The van der Waals surface area contributed by atoms with E-state index >= 15 is 0 Å². The zero-order valence-electron chi connectivity index (χ0n) is 14.3. The van der Waals surface area contributed by atoms with Crippen molar-refractivity contribution in [3.05, 3.63) is 46.6 Å². The van der Waals surface area contributed by atoms with Crippen molar-refractivity contribution in [1.82, 2.24) is 25.3 Å². The molecule has 24 heavy (non-hydrogen) atoms. The Hall–Kier alpha value is -2.83. The minimum absolute atomic E-state index is 0.197. The van der Waals surface area contributed by atoms with Crippen LogP contribution >= 0.6 is 0 Å². The molecule has 2 aromatic heterocycles. The summed E-state index contributed by atoms with van der Waals surface area (Å²) in [4.78, 5) is 21.6. The summed E-state index contributed by atoms with van der Waals surface area (Å²) in [6.07, 6.45) is 0. The standard InChI is InChI=1S/C17H21N5O2/c1-10-5-14-15(6-11(10)2)20-16(19-14)9-22(4)17(23)18-8-13-7-12(3)21-24-13/h5-7H,8-9H2,1-4H3,(H,18,23)(H,19,20). The van der Waals surface area contributed by atoms with Gasteiger partial charge in [-0.3, -0.25) is 0 Å². The largest absolute Gasteiger partial charge is 0.359 e. The molecule has 0 radical (unpaired) electrons. The van der Waals surface area contributed by atoms with Gasteiger partial charge in [0.1, 0.15) is 5.82 Å². The lowest BCUT2D eigenvalue weighted by Crippen LogP contribution is -2.36. The number of imidazole rings is 1. The first-order valence-electron chi connectivity index (χ1n) is 7.79. The van der Waals surface area contributed by atoms with Crippen LogP contribution < -0.4 is 5.32 Å². The van der Waals surface area contributed by atoms with Crippen LogP contribution in [0, 0.1) is 20.8 Å². The fourth-order valence-corrected chi connectivity index (χ4v) is 2.49. The molecule has 0 atom stereocenters. The van der Waals surface area contributed by atoms with Gasteiger partial charge in [0.05, 0.1) is 29.8 Å². The van der Waals surface area contributed by atoms with Gasteiger partial charge in [0.25, 0.3) is 0 Å². The van der Waals surface area contributed by atoms with Crippen LogP contribution in [0.4, 0.5) is 4.79 Å². The summed E-state index contributed by atoms with van der Waals surface area (Å²) in [5.41, 5.74) is 5.11. The molecule has 0 bridgehead atoms. The highest BCUT2D eigenvalue weighted by molar-refractivity contribution is 5.77. The molecule has 3 aromatic rings. The summed E-state index contributed by atoms with van der Waals surface area (Å²) in [6.45, 7) is 6.68. The van der Waals surface area contributed by atoms with E-state index in [1.807, 2.05) is 6.92 Å². The molecular formula is C17H21N5O2. The number of hydrogen-bond donors (Lipinski definition) is 2. The summed E-state index contributed by atoms with van der Waals surface area (Å²) >= 11 is 0. The van der Waals surface area contributed by atoms with E-state index in [9.17, 15) is 4.79 Å². The van der Waals surface area contributed by atoms with Gasteiger partial charge in [-0.15, -0.1) is 0 Å². The minimum Gasteiger partial charge on any atom is -0.359 e. The molecule has 2 N–H and O–H groups in total. The second kappa shape index (κ2) is 6.35. The van der Waals surface area contributed by atoms with Crippen LogP contribution in [0.2, 0.25) is 0 Å². The monoisotopic (exact) mass is 327 g/mol. The molecule has 2 amide bonds. The lowest BCUT2D eigenvalue weighted by atomic mass is 10.1. The van der Waals surface area contributed by atoms with Crippen molar-refractivity contribution in [1.29, 1.82) is 0 Å². The molecule has 126 valence electrons. The molecule has 0 saturated carbocycles. The number of hydrogen-bond acceptors (Lipinski definition) is 4. The van der Waals surface area contributed by atoms with E-state index in [2.05, 4.69) is 46.4 Å². The number of aromatic amines is 1. The van der Waals surface area contributed by atoms with E-state index in [1.54, 1.807) is 18.0 Å². The lowest BCUT2D eigenvalue weighted by Gasteiger charge is -2.15. The first kappa shape index (κ1) is 16.0. The number of urea groups is 1. The van der Waals surface area contributed by atoms with Crippen molar-refractivity contribution in [2.45, 2.75) is 33.9 Å². The van der Waals surface area contributed by atoms with Gasteiger partial charge in [-0.2, -0.15) is 0 Å². The average Bonchev–Trinajstić information content (AvgIpc) is 3.11. The predicted octanol–water partition coefficient (Wildman–Crippen LogP) is 2.82. The molecule has 0 unspecified atom stereocenters. The van der Waals surface area contributed by atoms with Crippen LogP contribution in [0.25, 0.3) is 11.0 Å². The molecule has 0 aliphatic carbocycles. The highest BCUT2D eigenvalue weighted by Gasteiger charge is 2.13. The molecule has 1 aromatic carbocycles. The Morgan fingerprint density at radius 2 is 2.00 bits per heavy atom. The fraction of sp³-hybridized carbons (Fsp3) is 0.353. The van der Waals surface area contributed by atoms with Gasteiger partial charge < -0.3 is 19.7 Å². The normalized spacial score (nSPS) is 11.0. The molecule has 0 aliphatic rings. The molecule has 0 aliphatic heterocycles. The third-order valence-electron chi connectivity index (χ3n) is 3.97. The van der Waals surface area contributed by atoms with E-state index in [1.165, 1.54) is 11.1 Å². The number of rotatable bonds is 4. The van der Waals surface area contributed by atoms with Crippen molar-refractivity contribution < 1.29 is 9.32 Å². The molecule has 7 nitrogen and oxygen atoms in total. The third kappa shape index (κ3) is 3.40. The first-order chi connectivity index (χ1) is 11.4. The van der Waals surface area contributed by atoms with Crippen LogP contribution in [0.3, 0.4) is 0 Å². The molecule has 0 fully saturated rings. The topological polar surface area (TPSA) is 87.0 Å². The average molecular weight is 327 g/mol. The third-order valence-corrected chi connectivity index (χ3v) is 3.97. The van der Waals surface area contributed by atoms with E-state index in [4.69, 9.17) is 4.52 Å². The van der Waals surface area contributed by atoms with Crippen molar-refractivity contribution in [2.24, 2.45) is 0 Å². The van der Waals surface area contributed by atoms with Gasteiger partial charge in [-0.1, -0.05) is 5.16 Å². The summed E-state index contributed by atoms with van der Waals surface area (Å²) in [5, 5.41) is 6.59. The van der Waals surface area contributed by atoms with E-state index < -0.39 is 0 Å². The quantitative estimate of drug-likeness (QED) is 0.771. The fourth-order valence-electron chi connectivity index (χ4n) is 2.49. The van der Waals surface area contributed by atoms with E-state index in [-0.39, 0.29) is 6.03 Å². The van der Waals surface area contributed by atoms with Gasteiger partial charge in [0.15, 0.2) is 5.76 Å². The molecule has 0 saturated heterocycles. The number of nitrogens with one attached hydrogen (secondary N) is 2. The Morgan fingerprint density at radius 3 is 2.71 bits per heavy atom. The highest BCUT2D eigenvalue weighted by Crippen LogP contribution is 2.17. The number of aromatic nitrogens is 3. The number of carbonyl (C=O) groups is 1. The van der Waals surface area contributed by atoms with Crippen molar-refractivity contribution in [3.8, 4) is 0 Å². The maximum atomic E-state index is 12.2. The van der Waals surface area contributed by atoms with Gasteiger partial charge in [0.2, 0.25) is 0 Å². The number of aryl methyl sites for hydroxylation is 3. The second-order valence-corrected chi connectivity index (χ2v) is 6.09. The molecule has 3 rings (SSSR count). The molecular weight excluding hydrogens is 306 g/mol. The number of carbonyl (C=O) groups excluding carboxylic acids is 1. The maximum absolute atomic E-state index is 12.2. The Balaban J connectivity index is 1.63. The molecule has 7 heteroatoms. The van der Waals surface area contributed by atoms with Crippen LogP contribution in [-0.2, 0) is 13.1 Å². The SMILES string of the molecule is Cc1cc(CNC(=O)N(C)Cc2nc3cc(C)c(C)cc3[nH]2)on1. The maximum Gasteiger partial charge on any atom is 0.317 e. The van der Waals surface area contributed by atoms with E-state index in [0.717, 1.165) is 22.6 Å². The molecule has 2 heterocycles. The van der Waals surface area contributed by atoms with Crippen LogP contribution in [0.15, 0.2) is 22.7 Å². The first-order valence-corrected chi connectivity index (χ1v) is 7.79. The molecule has 0 spiro atoms. The van der Waals surface area contributed by atoms with Crippen molar-refractivity contribution >= 4 is 17.1 Å². The minimum atomic E-state index is -0.197. The van der Waals surface area contributed by atoms with Crippen LogP contribution in [0.5, 0.6) is 0 Å². The number of benzene rings is 1. The lowest BCUT2D eigenvalue weighted by molar-refractivity contribution is 0.204. The number of nitrogens with zero attached hydrogens (tertiary/aromatic N) is 3. The second-order valence-electron chi connectivity index (χ2n) is 6.09. The summed E-state index contributed by atoms with van der Waals surface area (Å²) in [5.74, 6) is 1.38. The van der Waals surface area contributed by atoms with Gasteiger partial charge >= 0.3 is 6.03 Å². The Morgan fingerprint density at radius 1 is 1.25 bits per heavy atom. The van der Waals surface area contributed by atoms with Gasteiger partial charge in [-0.25, -0.2) is 9.78 Å². The number of amides is 2. The summed E-state index contributed by atoms with van der Waals surface area (Å²) in [7, 11) is 1.73. The smallest absolute Gasteiger partial charge is 0.317 e. The zero-order valence-corrected chi connectivity index (χ0v) is 14.3. The Labute approximate surface area is 140 Å². The summed E-state index contributed by atoms with van der Waals surface area (Å²) in [6, 6.07) is 5.73. The summed E-state index contributed by atoms with van der Waals surface area (Å²) < 4.78 is 5.07. The number of fused-ring (bicyclic) bond motifs is 1. The van der Waals surface area contributed by atoms with Crippen molar-refractivity contribution in [2.75, 3.05) is 7.05 Å². The predicted molar refractivity (Wildman–Crippen MR) is 90.5 cm³/mol. The van der Waals surface area contributed by atoms with Crippen LogP contribution in [-0.4, -0.2) is 33.1 Å². The Bertz CT molecular complexity index is 841. The number of H-pyrrole nitrogens is 1. The van der Waals surface area contributed by atoms with E-state index in [0.29, 0.717) is 18.8 Å². The van der Waals surface area contributed by atoms with Crippen molar-refractivity contribution in [3.63, 3.8) is 0 Å². The zero-order chi connectivity index (χ0) is 17.3. The van der Waals surface area contributed by atoms with Gasteiger partial charge in [-0.05, 0) is 44.0 Å².